The number of benzene rings is 2. The molecule has 29 heavy (non-hydrogen) atoms. The van der Waals surface area contributed by atoms with Crippen LogP contribution in [0.15, 0.2) is 42.5 Å². The predicted octanol–water partition coefficient (Wildman–Crippen LogP) is 5.48. The second-order valence-corrected chi connectivity index (χ2v) is 8.12. The molecule has 3 nitrogen and oxygen atoms in total. The average molecular weight is 396 g/mol. The van der Waals surface area contributed by atoms with Gasteiger partial charge in [0.15, 0.2) is 0 Å². The van der Waals surface area contributed by atoms with E-state index >= 15 is 0 Å². The summed E-state index contributed by atoms with van der Waals surface area (Å²) >= 11 is 0. The molecule has 0 amide bonds. The molecule has 2 aromatic carbocycles. The molecule has 1 unspecified atom stereocenters. The SMILES string of the molecule is CCCCCNC1CCc2cccc(CCCOCc3ccccc3OC)c2C1. The number of aryl methyl sites for hydroxylation is 2. The topological polar surface area (TPSA) is 30.5 Å². The molecule has 1 N–H and O–H groups in total. The number of ether oxygens (including phenoxy) is 2. The van der Waals surface area contributed by atoms with E-state index in [1.165, 1.54) is 44.1 Å². The van der Waals surface area contributed by atoms with Crippen LogP contribution < -0.4 is 10.1 Å². The molecule has 3 rings (SSSR count). The van der Waals surface area contributed by atoms with E-state index in [2.05, 4.69) is 36.5 Å². The van der Waals surface area contributed by atoms with Gasteiger partial charge in [0.1, 0.15) is 5.75 Å². The lowest BCUT2D eigenvalue weighted by Gasteiger charge is -2.27. The highest BCUT2D eigenvalue weighted by Crippen LogP contribution is 2.26. The zero-order valence-electron chi connectivity index (χ0n) is 18.2. The minimum Gasteiger partial charge on any atom is -0.496 e. The minimum absolute atomic E-state index is 0.612. The molecular formula is C26H37NO2. The van der Waals surface area contributed by atoms with Crippen molar-refractivity contribution in [2.45, 2.75) is 70.9 Å². The van der Waals surface area contributed by atoms with Crippen LogP contribution in [0, 0.1) is 0 Å². The van der Waals surface area contributed by atoms with Crippen molar-refractivity contribution >= 4 is 0 Å². The van der Waals surface area contributed by atoms with Crippen molar-refractivity contribution in [3.05, 3.63) is 64.7 Å². The lowest BCUT2D eigenvalue weighted by Crippen LogP contribution is -2.35. The maximum absolute atomic E-state index is 5.93. The number of para-hydroxylation sites is 1. The lowest BCUT2D eigenvalue weighted by atomic mass is 9.84. The fraction of sp³-hybridized carbons (Fsp3) is 0.538. The van der Waals surface area contributed by atoms with Gasteiger partial charge in [-0.15, -0.1) is 0 Å². The Balaban J connectivity index is 1.46. The molecule has 0 radical (unpaired) electrons. The lowest BCUT2D eigenvalue weighted by molar-refractivity contribution is 0.117. The van der Waals surface area contributed by atoms with E-state index in [4.69, 9.17) is 9.47 Å². The van der Waals surface area contributed by atoms with Crippen LogP contribution in [0.25, 0.3) is 0 Å². The third-order valence-electron chi connectivity index (χ3n) is 5.98. The molecule has 158 valence electrons. The molecular weight excluding hydrogens is 358 g/mol. The van der Waals surface area contributed by atoms with Gasteiger partial charge in [-0.05, 0) is 67.8 Å². The highest BCUT2D eigenvalue weighted by molar-refractivity contribution is 5.38. The zero-order valence-corrected chi connectivity index (χ0v) is 18.2. The van der Waals surface area contributed by atoms with Crippen LogP contribution >= 0.6 is 0 Å². The van der Waals surface area contributed by atoms with E-state index in [-0.39, 0.29) is 0 Å². The number of rotatable bonds is 12. The minimum atomic E-state index is 0.612. The Morgan fingerprint density at radius 3 is 2.72 bits per heavy atom. The highest BCUT2D eigenvalue weighted by Gasteiger charge is 2.20. The summed E-state index contributed by atoms with van der Waals surface area (Å²) in [5.41, 5.74) is 5.79. The number of hydrogen-bond acceptors (Lipinski definition) is 3. The van der Waals surface area contributed by atoms with Crippen molar-refractivity contribution in [1.82, 2.24) is 5.32 Å². The van der Waals surface area contributed by atoms with Crippen LogP contribution in [-0.4, -0.2) is 26.3 Å². The van der Waals surface area contributed by atoms with Gasteiger partial charge in [-0.2, -0.15) is 0 Å². The van der Waals surface area contributed by atoms with Gasteiger partial charge in [0.2, 0.25) is 0 Å². The fourth-order valence-electron chi connectivity index (χ4n) is 4.32. The number of methoxy groups -OCH3 is 1. The van der Waals surface area contributed by atoms with Crippen LogP contribution in [0.1, 0.15) is 61.3 Å². The first kappa shape index (κ1) is 21.9. The van der Waals surface area contributed by atoms with E-state index in [1.54, 1.807) is 18.2 Å². The summed E-state index contributed by atoms with van der Waals surface area (Å²) in [6, 6.07) is 15.6. The third kappa shape index (κ3) is 6.58. The summed E-state index contributed by atoms with van der Waals surface area (Å²) in [6.07, 6.45) is 9.72. The smallest absolute Gasteiger partial charge is 0.124 e. The van der Waals surface area contributed by atoms with Crippen LogP contribution in [0.2, 0.25) is 0 Å². The standard InChI is InChI=1S/C26H37NO2/c1-3-4-7-17-27-24-16-15-22-12-8-11-21(25(22)19-24)13-9-18-29-20-23-10-5-6-14-26(23)28-2/h5-6,8,10-12,14,24,27H,3-4,7,9,13,15-20H2,1-2H3. The second-order valence-electron chi connectivity index (χ2n) is 8.12. The summed E-state index contributed by atoms with van der Waals surface area (Å²) in [5, 5.41) is 3.79. The van der Waals surface area contributed by atoms with Crippen molar-refractivity contribution in [1.29, 1.82) is 0 Å². The van der Waals surface area contributed by atoms with Crippen molar-refractivity contribution < 1.29 is 9.47 Å². The normalized spacial score (nSPS) is 15.9. The van der Waals surface area contributed by atoms with Crippen LogP contribution in [0.5, 0.6) is 5.75 Å². The molecule has 0 aliphatic heterocycles. The van der Waals surface area contributed by atoms with Crippen molar-refractivity contribution in [2.75, 3.05) is 20.3 Å². The first-order chi connectivity index (χ1) is 14.3. The van der Waals surface area contributed by atoms with Crippen LogP contribution in [0.4, 0.5) is 0 Å². The van der Waals surface area contributed by atoms with E-state index in [9.17, 15) is 0 Å². The molecule has 0 saturated heterocycles. The molecule has 0 aromatic heterocycles. The van der Waals surface area contributed by atoms with Gasteiger partial charge >= 0.3 is 0 Å². The van der Waals surface area contributed by atoms with E-state index in [1.807, 2.05) is 18.2 Å². The number of fused-ring (bicyclic) bond motifs is 1. The van der Waals surface area contributed by atoms with Gasteiger partial charge < -0.3 is 14.8 Å². The predicted molar refractivity (Wildman–Crippen MR) is 121 cm³/mol. The molecule has 1 atom stereocenters. The molecule has 0 spiro atoms. The van der Waals surface area contributed by atoms with E-state index in [0.717, 1.165) is 37.3 Å². The summed E-state index contributed by atoms with van der Waals surface area (Å²) in [7, 11) is 1.71. The first-order valence-corrected chi connectivity index (χ1v) is 11.3. The number of unbranched alkanes of at least 4 members (excludes halogenated alkanes) is 2. The number of nitrogens with one attached hydrogen (secondary N) is 1. The van der Waals surface area contributed by atoms with Crippen LogP contribution in [-0.2, 0) is 30.6 Å². The molecule has 0 saturated carbocycles. The van der Waals surface area contributed by atoms with Gasteiger partial charge in [0, 0.05) is 18.2 Å². The molecule has 0 fully saturated rings. The Morgan fingerprint density at radius 2 is 1.86 bits per heavy atom. The molecule has 2 aromatic rings. The molecule has 1 aliphatic rings. The van der Waals surface area contributed by atoms with Gasteiger partial charge in [0.25, 0.3) is 0 Å². The summed E-state index contributed by atoms with van der Waals surface area (Å²) in [4.78, 5) is 0. The van der Waals surface area contributed by atoms with Gasteiger partial charge in [0.05, 0.1) is 13.7 Å². The van der Waals surface area contributed by atoms with Gasteiger partial charge in [-0.1, -0.05) is 56.2 Å². The van der Waals surface area contributed by atoms with Gasteiger partial charge in [-0.3, -0.25) is 0 Å². The Morgan fingerprint density at radius 1 is 1.00 bits per heavy atom. The third-order valence-corrected chi connectivity index (χ3v) is 5.98. The Hall–Kier alpha value is -1.84. The summed E-state index contributed by atoms with van der Waals surface area (Å²) in [6.45, 7) is 4.82. The van der Waals surface area contributed by atoms with E-state index < -0.39 is 0 Å². The summed E-state index contributed by atoms with van der Waals surface area (Å²) < 4.78 is 11.3. The Labute approximate surface area is 176 Å². The van der Waals surface area contributed by atoms with Crippen LogP contribution in [0.3, 0.4) is 0 Å². The first-order valence-electron chi connectivity index (χ1n) is 11.3. The van der Waals surface area contributed by atoms with E-state index in [0.29, 0.717) is 12.6 Å². The highest BCUT2D eigenvalue weighted by atomic mass is 16.5. The molecule has 0 bridgehead atoms. The zero-order chi connectivity index (χ0) is 20.3. The van der Waals surface area contributed by atoms with Crippen molar-refractivity contribution in [3.63, 3.8) is 0 Å². The monoisotopic (exact) mass is 395 g/mol. The molecule has 3 heteroatoms. The molecule has 0 heterocycles. The largest absolute Gasteiger partial charge is 0.496 e. The molecule has 1 aliphatic carbocycles. The quantitative estimate of drug-likeness (QED) is 0.483. The maximum Gasteiger partial charge on any atom is 0.124 e. The Kier molecular flexibility index (Phi) is 9.04. The summed E-state index contributed by atoms with van der Waals surface area (Å²) in [5.74, 6) is 0.905. The second kappa shape index (κ2) is 12.0. The maximum atomic E-state index is 5.93. The van der Waals surface area contributed by atoms with Gasteiger partial charge in [-0.25, -0.2) is 0 Å². The average Bonchev–Trinajstić information content (AvgIpc) is 2.77. The number of hydrogen-bond donors (Lipinski definition) is 1. The fourth-order valence-corrected chi connectivity index (χ4v) is 4.32. The van der Waals surface area contributed by atoms with Crippen molar-refractivity contribution in [3.8, 4) is 5.75 Å². The Bertz CT molecular complexity index is 743. The van der Waals surface area contributed by atoms with Crippen molar-refractivity contribution in [2.24, 2.45) is 0 Å².